The van der Waals surface area contributed by atoms with Crippen LogP contribution >= 0.6 is 0 Å². The molecule has 0 fully saturated rings. The van der Waals surface area contributed by atoms with Crippen molar-refractivity contribution in [3.05, 3.63) is 101 Å². The molecule has 1 aliphatic rings. The number of amides is 2. The van der Waals surface area contributed by atoms with Gasteiger partial charge in [0.05, 0.1) is 6.54 Å². The van der Waals surface area contributed by atoms with Gasteiger partial charge >= 0.3 is 12.2 Å². The highest BCUT2D eigenvalue weighted by molar-refractivity contribution is 5.69. The van der Waals surface area contributed by atoms with E-state index in [0.717, 1.165) is 27.9 Å². The Bertz CT molecular complexity index is 1190. The molecule has 2 aromatic carbocycles. The van der Waals surface area contributed by atoms with Gasteiger partial charge in [-0.05, 0) is 49.1 Å². The fourth-order valence-electron chi connectivity index (χ4n) is 4.18. The van der Waals surface area contributed by atoms with E-state index in [1.165, 1.54) is 0 Å². The topological polar surface area (TPSA) is 72.0 Å². The summed E-state index contributed by atoms with van der Waals surface area (Å²) < 4.78 is 11.1. The minimum atomic E-state index is -0.548. The monoisotopic (exact) mass is 487 g/mol. The van der Waals surface area contributed by atoms with E-state index < -0.39 is 11.7 Å². The fraction of sp³-hybridized carbons (Fsp3) is 0.345. The lowest BCUT2D eigenvalue weighted by atomic mass is 9.93. The highest BCUT2D eigenvalue weighted by Crippen LogP contribution is 2.30. The normalized spacial score (nSPS) is 13.6. The average molecular weight is 488 g/mol. The van der Waals surface area contributed by atoms with Crippen LogP contribution in [0.3, 0.4) is 0 Å². The van der Waals surface area contributed by atoms with Gasteiger partial charge in [0.25, 0.3) is 0 Å². The van der Waals surface area contributed by atoms with Crippen LogP contribution in [0.25, 0.3) is 0 Å². The van der Waals surface area contributed by atoms with Crippen molar-refractivity contribution in [3.63, 3.8) is 0 Å². The van der Waals surface area contributed by atoms with E-state index in [9.17, 15) is 9.59 Å². The number of hydrogen-bond acceptors (Lipinski definition) is 5. The smallest absolute Gasteiger partial charge is 0.410 e. The van der Waals surface area contributed by atoms with Gasteiger partial charge in [0, 0.05) is 37.9 Å². The number of carbonyl (C=O) groups excluding carboxylic acids is 2. The van der Waals surface area contributed by atoms with Crippen molar-refractivity contribution >= 4 is 12.2 Å². The van der Waals surface area contributed by atoms with E-state index in [4.69, 9.17) is 14.5 Å². The Morgan fingerprint density at radius 2 is 1.64 bits per heavy atom. The van der Waals surface area contributed by atoms with Gasteiger partial charge in [0.15, 0.2) is 0 Å². The van der Waals surface area contributed by atoms with Gasteiger partial charge in [-0.1, -0.05) is 60.7 Å². The molecule has 0 radical (unpaired) electrons. The van der Waals surface area contributed by atoms with E-state index in [1.807, 2.05) is 93.7 Å². The summed E-state index contributed by atoms with van der Waals surface area (Å²) in [5, 5.41) is 0. The molecule has 1 aromatic heterocycles. The summed E-state index contributed by atoms with van der Waals surface area (Å²) in [6.07, 6.45) is 1.11. The summed E-state index contributed by atoms with van der Waals surface area (Å²) in [4.78, 5) is 33.4. The zero-order valence-corrected chi connectivity index (χ0v) is 21.3. The molecule has 1 unspecified atom stereocenters. The highest BCUT2D eigenvalue weighted by Gasteiger charge is 2.29. The number of benzene rings is 2. The van der Waals surface area contributed by atoms with E-state index in [1.54, 1.807) is 16.8 Å². The molecule has 7 heteroatoms. The molecule has 0 saturated carbocycles. The molecular formula is C29H33N3O4. The number of pyridine rings is 1. The summed E-state index contributed by atoms with van der Waals surface area (Å²) >= 11 is 0. The first-order valence-corrected chi connectivity index (χ1v) is 12.1. The van der Waals surface area contributed by atoms with Crippen molar-refractivity contribution < 1.29 is 19.1 Å². The SMILES string of the molecule is CN(CC(c1ccccc1)c1cc2c(cn1)CN(C(=O)OC(C)(C)C)C2)C(=O)OCc1ccccc1. The van der Waals surface area contributed by atoms with Crippen LogP contribution in [0.2, 0.25) is 0 Å². The van der Waals surface area contributed by atoms with Gasteiger partial charge < -0.3 is 14.4 Å². The molecule has 2 heterocycles. The third-order valence-corrected chi connectivity index (χ3v) is 6.01. The molecule has 188 valence electrons. The van der Waals surface area contributed by atoms with E-state index in [2.05, 4.69) is 0 Å². The Kier molecular flexibility index (Phi) is 7.58. The maximum atomic E-state index is 12.8. The predicted molar refractivity (Wildman–Crippen MR) is 137 cm³/mol. The fourth-order valence-corrected chi connectivity index (χ4v) is 4.18. The Labute approximate surface area is 212 Å². The molecule has 2 amide bonds. The molecule has 0 aliphatic carbocycles. The second kappa shape index (κ2) is 10.8. The van der Waals surface area contributed by atoms with Gasteiger partial charge in [-0.25, -0.2) is 9.59 Å². The van der Waals surface area contributed by atoms with Crippen molar-refractivity contribution in [1.29, 1.82) is 0 Å². The Morgan fingerprint density at radius 3 is 2.31 bits per heavy atom. The van der Waals surface area contributed by atoms with Gasteiger partial charge in [-0.2, -0.15) is 0 Å². The number of hydrogen-bond donors (Lipinski definition) is 0. The third-order valence-electron chi connectivity index (χ3n) is 6.01. The van der Waals surface area contributed by atoms with Crippen molar-refractivity contribution in [2.45, 2.75) is 52.0 Å². The van der Waals surface area contributed by atoms with Crippen molar-refractivity contribution in [2.24, 2.45) is 0 Å². The zero-order valence-electron chi connectivity index (χ0n) is 21.3. The maximum absolute atomic E-state index is 12.8. The molecule has 0 saturated heterocycles. The first-order valence-electron chi connectivity index (χ1n) is 12.1. The minimum Gasteiger partial charge on any atom is -0.445 e. The van der Waals surface area contributed by atoms with Crippen molar-refractivity contribution in [2.75, 3.05) is 13.6 Å². The van der Waals surface area contributed by atoms with Crippen LogP contribution in [0.1, 0.15) is 54.6 Å². The standard InChI is InChI=1S/C29H33N3O4/c1-29(2,3)36-28(34)32-17-23-15-26(30-16-24(23)18-32)25(22-13-9-6-10-14-22)19-31(4)27(33)35-20-21-11-7-5-8-12-21/h5-16,25H,17-20H2,1-4H3. The number of fused-ring (bicyclic) bond motifs is 1. The largest absolute Gasteiger partial charge is 0.445 e. The lowest BCUT2D eigenvalue weighted by Crippen LogP contribution is -2.33. The average Bonchev–Trinajstić information content (AvgIpc) is 3.29. The van der Waals surface area contributed by atoms with E-state index in [0.29, 0.717) is 19.6 Å². The molecule has 3 aromatic rings. The summed E-state index contributed by atoms with van der Waals surface area (Å²) in [5.41, 5.74) is 4.33. The van der Waals surface area contributed by atoms with E-state index in [-0.39, 0.29) is 18.6 Å². The number of rotatable bonds is 6. The summed E-state index contributed by atoms with van der Waals surface area (Å²) in [5.74, 6) is -0.152. The highest BCUT2D eigenvalue weighted by atomic mass is 16.6. The number of ether oxygens (including phenoxy) is 2. The van der Waals surface area contributed by atoms with E-state index >= 15 is 0 Å². The first kappa shape index (κ1) is 25.2. The van der Waals surface area contributed by atoms with Crippen molar-refractivity contribution in [1.82, 2.24) is 14.8 Å². The van der Waals surface area contributed by atoms with Crippen LogP contribution in [0.15, 0.2) is 72.9 Å². The first-order chi connectivity index (χ1) is 17.2. The zero-order chi connectivity index (χ0) is 25.7. The van der Waals surface area contributed by atoms with Crippen LogP contribution in [0, 0.1) is 0 Å². The Morgan fingerprint density at radius 1 is 1.00 bits per heavy atom. The van der Waals surface area contributed by atoms with Gasteiger partial charge in [-0.3, -0.25) is 9.88 Å². The second-order valence-electron chi connectivity index (χ2n) is 10.1. The molecule has 7 nitrogen and oxygen atoms in total. The summed E-state index contributed by atoms with van der Waals surface area (Å²) in [6.45, 7) is 7.14. The lowest BCUT2D eigenvalue weighted by Gasteiger charge is -2.24. The van der Waals surface area contributed by atoms with Gasteiger partial charge in [-0.15, -0.1) is 0 Å². The molecule has 4 rings (SSSR count). The molecule has 0 bridgehead atoms. The predicted octanol–water partition coefficient (Wildman–Crippen LogP) is 5.73. The number of aromatic nitrogens is 1. The summed E-state index contributed by atoms with van der Waals surface area (Å²) in [7, 11) is 1.74. The van der Waals surface area contributed by atoms with Crippen LogP contribution in [0.5, 0.6) is 0 Å². The Balaban J connectivity index is 1.49. The van der Waals surface area contributed by atoms with Crippen LogP contribution in [-0.4, -0.2) is 46.2 Å². The molecular weight excluding hydrogens is 454 g/mol. The molecule has 0 N–H and O–H groups in total. The lowest BCUT2D eigenvalue weighted by molar-refractivity contribution is 0.0241. The quantitative estimate of drug-likeness (QED) is 0.444. The number of likely N-dealkylation sites (N-methyl/N-ethyl adjacent to an activating group) is 1. The second-order valence-corrected chi connectivity index (χ2v) is 10.1. The third kappa shape index (κ3) is 6.42. The summed E-state index contributed by atoms with van der Waals surface area (Å²) in [6, 6.07) is 21.7. The van der Waals surface area contributed by atoms with Gasteiger partial charge in [0.2, 0.25) is 0 Å². The van der Waals surface area contributed by atoms with Crippen LogP contribution < -0.4 is 0 Å². The maximum Gasteiger partial charge on any atom is 0.410 e. The molecule has 0 spiro atoms. The van der Waals surface area contributed by atoms with Crippen molar-refractivity contribution in [3.8, 4) is 0 Å². The number of carbonyl (C=O) groups is 2. The minimum absolute atomic E-state index is 0.152. The Hall–Kier alpha value is -3.87. The van der Waals surface area contributed by atoms with Crippen LogP contribution in [0.4, 0.5) is 9.59 Å². The molecule has 36 heavy (non-hydrogen) atoms. The van der Waals surface area contributed by atoms with Gasteiger partial charge in [0.1, 0.15) is 12.2 Å². The van der Waals surface area contributed by atoms with Crippen LogP contribution in [-0.2, 0) is 29.2 Å². The molecule has 1 aliphatic heterocycles. The molecule has 1 atom stereocenters. The number of nitrogens with zero attached hydrogens (tertiary/aromatic N) is 3.